The third-order valence-corrected chi connectivity index (χ3v) is 4.84. The Morgan fingerprint density at radius 2 is 1.79 bits per heavy atom. The molecule has 0 aliphatic heterocycles. The lowest BCUT2D eigenvalue weighted by Crippen LogP contribution is -2.27. The number of aromatic amines is 1. The van der Waals surface area contributed by atoms with E-state index in [1.165, 1.54) is 24.3 Å². The molecular formula is C17H17N3O3S. The summed E-state index contributed by atoms with van der Waals surface area (Å²) in [5, 5.41) is 2.85. The van der Waals surface area contributed by atoms with Crippen LogP contribution < -0.4 is 5.32 Å². The summed E-state index contributed by atoms with van der Waals surface area (Å²) < 4.78 is 22.9. The van der Waals surface area contributed by atoms with Gasteiger partial charge in [0.1, 0.15) is 5.82 Å². The van der Waals surface area contributed by atoms with Crippen molar-refractivity contribution in [1.29, 1.82) is 0 Å². The first-order valence-corrected chi connectivity index (χ1v) is 9.29. The molecule has 0 saturated heterocycles. The average Bonchev–Trinajstić information content (AvgIpc) is 2.98. The van der Waals surface area contributed by atoms with Gasteiger partial charge in [0.05, 0.1) is 22.0 Å². The molecule has 7 heteroatoms. The molecule has 1 atom stereocenters. The lowest BCUT2D eigenvalue weighted by molar-refractivity contribution is 0.0938. The molecule has 2 N–H and O–H groups in total. The quantitative estimate of drug-likeness (QED) is 0.761. The van der Waals surface area contributed by atoms with Gasteiger partial charge in [-0.2, -0.15) is 0 Å². The molecule has 0 aliphatic rings. The normalized spacial score (nSPS) is 12.9. The van der Waals surface area contributed by atoms with E-state index in [1.54, 1.807) is 0 Å². The molecule has 0 radical (unpaired) electrons. The number of H-pyrrole nitrogens is 1. The molecule has 3 rings (SSSR count). The van der Waals surface area contributed by atoms with Gasteiger partial charge in [-0.25, -0.2) is 13.4 Å². The topological polar surface area (TPSA) is 91.9 Å². The average molecular weight is 343 g/mol. The Bertz CT molecular complexity index is 958. The number of amides is 1. The Morgan fingerprint density at radius 1 is 1.12 bits per heavy atom. The number of hydrogen-bond donors (Lipinski definition) is 2. The van der Waals surface area contributed by atoms with Crippen molar-refractivity contribution in [2.45, 2.75) is 17.9 Å². The second-order valence-electron chi connectivity index (χ2n) is 5.63. The summed E-state index contributed by atoms with van der Waals surface area (Å²) in [6.07, 6.45) is 1.13. The number of para-hydroxylation sites is 2. The fraction of sp³-hybridized carbons (Fsp3) is 0.176. The van der Waals surface area contributed by atoms with Crippen LogP contribution in [0.25, 0.3) is 11.0 Å². The van der Waals surface area contributed by atoms with Gasteiger partial charge in [-0.15, -0.1) is 0 Å². The number of carbonyl (C=O) groups is 1. The molecule has 0 saturated carbocycles. The maximum absolute atomic E-state index is 12.3. The molecule has 0 unspecified atom stereocenters. The van der Waals surface area contributed by atoms with Crippen molar-refractivity contribution in [3.8, 4) is 0 Å². The number of imidazole rings is 1. The number of hydrogen-bond acceptors (Lipinski definition) is 4. The Kier molecular flexibility index (Phi) is 4.11. The summed E-state index contributed by atoms with van der Waals surface area (Å²) in [7, 11) is -3.27. The van der Waals surface area contributed by atoms with Crippen molar-refractivity contribution in [3.05, 3.63) is 59.9 Å². The van der Waals surface area contributed by atoms with Crippen LogP contribution in [0.15, 0.2) is 53.4 Å². The minimum atomic E-state index is -3.27. The third-order valence-electron chi connectivity index (χ3n) is 3.71. The highest BCUT2D eigenvalue weighted by Crippen LogP contribution is 2.16. The van der Waals surface area contributed by atoms with E-state index in [-0.39, 0.29) is 16.8 Å². The molecule has 0 spiro atoms. The predicted octanol–water partition coefficient (Wildman–Crippen LogP) is 2.46. The summed E-state index contributed by atoms with van der Waals surface area (Å²) in [5.41, 5.74) is 2.14. The predicted molar refractivity (Wildman–Crippen MR) is 91.5 cm³/mol. The zero-order valence-corrected chi connectivity index (χ0v) is 14.1. The molecular weight excluding hydrogens is 326 g/mol. The summed E-state index contributed by atoms with van der Waals surface area (Å²) >= 11 is 0. The highest BCUT2D eigenvalue weighted by atomic mass is 32.2. The van der Waals surface area contributed by atoms with Crippen LogP contribution in [0.4, 0.5) is 0 Å². The first-order valence-electron chi connectivity index (χ1n) is 7.40. The number of benzene rings is 2. The number of carbonyl (C=O) groups excluding carboxylic acids is 1. The largest absolute Gasteiger partial charge is 0.342 e. The number of aromatic nitrogens is 2. The number of nitrogens with one attached hydrogen (secondary N) is 2. The molecule has 2 aromatic carbocycles. The van der Waals surface area contributed by atoms with Crippen molar-refractivity contribution in [2.24, 2.45) is 0 Å². The van der Waals surface area contributed by atoms with Gasteiger partial charge in [0, 0.05) is 11.8 Å². The van der Waals surface area contributed by atoms with Crippen LogP contribution in [-0.2, 0) is 9.84 Å². The second-order valence-corrected chi connectivity index (χ2v) is 7.65. The van der Waals surface area contributed by atoms with Gasteiger partial charge < -0.3 is 10.3 Å². The Labute approximate surface area is 139 Å². The zero-order valence-electron chi connectivity index (χ0n) is 13.3. The number of rotatable bonds is 4. The van der Waals surface area contributed by atoms with Gasteiger partial charge in [-0.3, -0.25) is 4.79 Å². The molecule has 124 valence electrons. The maximum Gasteiger partial charge on any atom is 0.251 e. The summed E-state index contributed by atoms with van der Waals surface area (Å²) in [6.45, 7) is 1.83. The van der Waals surface area contributed by atoms with Crippen molar-refractivity contribution in [2.75, 3.05) is 6.26 Å². The van der Waals surface area contributed by atoms with E-state index in [9.17, 15) is 13.2 Å². The van der Waals surface area contributed by atoms with Crippen LogP contribution >= 0.6 is 0 Å². The van der Waals surface area contributed by atoms with Gasteiger partial charge in [0.2, 0.25) is 0 Å². The van der Waals surface area contributed by atoms with Gasteiger partial charge in [0.25, 0.3) is 5.91 Å². The fourth-order valence-corrected chi connectivity index (χ4v) is 3.01. The molecule has 0 aliphatic carbocycles. The fourth-order valence-electron chi connectivity index (χ4n) is 2.38. The summed E-state index contributed by atoms with van der Waals surface area (Å²) in [6, 6.07) is 13.2. The van der Waals surface area contributed by atoms with E-state index in [0.29, 0.717) is 11.4 Å². The Balaban J connectivity index is 1.76. The van der Waals surface area contributed by atoms with Crippen LogP contribution in [0.5, 0.6) is 0 Å². The van der Waals surface area contributed by atoms with Gasteiger partial charge in [0.15, 0.2) is 9.84 Å². The van der Waals surface area contributed by atoms with Crippen LogP contribution in [0.1, 0.15) is 29.1 Å². The lowest BCUT2D eigenvalue weighted by Gasteiger charge is -2.11. The highest BCUT2D eigenvalue weighted by Gasteiger charge is 2.15. The Hall–Kier alpha value is -2.67. The third kappa shape index (κ3) is 3.30. The standard InChI is InChI=1S/C17H17N3O3S/c1-11(16-19-14-5-3-4-6-15(14)20-16)18-17(21)12-7-9-13(10-8-12)24(2,22)23/h3-11H,1-2H3,(H,18,21)(H,19,20)/t11-/m1/s1. The van der Waals surface area contributed by atoms with Crippen LogP contribution in [-0.4, -0.2) is 30.5 Å². The first kappa shape index (κ1) is 16.2. The van der Waals surface area contributed by atoms with E-state index in [0.717, 1.165) is 17.3 Å². The zero-order chi connectivity index (χ0) is 17.3. The molecule has 3 aromatic rings. The van der Waals surface area contributed by atoms with Crippen LogP contribution in [0.2, 0.25) is 0 Å². The number of fused-ring (bicyclic) bond motifs is 1. The van der Waals surface area contributed by atoms with E-state index >= 15 is 0 Å². The minimum absolute atomic E-state index is 0.185. The van der Waals surface area contributed by atoms with E-state index in [1.807, 2.05) is 31.2 Å². The van der Waals surface area contributed by atoms with E-state index < -0.39 is 9.84 Å². The molecule has 1 aromatic heterocycles. The van der Waals surface area contributed by atoms with Gasteiger partial charge in [-0.05, 0) is 43.3 Å². The summed E-state index contributed by atoms with van der Waals surface area (Å²) in [5.74, 6) is 0.375. The van der Waals surface area contributed by atoms with Crippen molar-refractivity contribution >= 4 is 26.8 Å². The first-order chi connectivity index (χ1) is 11.3. The number of sulfone groups is 1. The smallest absolute Gasteiger partial charge is 0.251 e. The van der Waals surface area contributed by atoms with Crippen molar-refractivity contribution in [3.63, 3.8) is 0 Å². The minimum Gasteiger partial charge on any atom is -0.342 e. The van der Waals surface area contributed by atoms with Crippen molar-refractivity contribution < 1.29 is 13.2 Å². The molecule has 24 heavy (non-hydrogen) atoms. The highest BCUT2D eigenvalue weighted by molar-refractivity contribution is 7.90. The maximum atomic E-state index is 12.3. The van der Waals surface area contributed by atoms with Gasteiger partial charge >= 0.3 is 0 Å². The van der Waals surface area contributed by atoms with Gasteiger partial charge in [-0.1, -0.05) is 12.1 Å². The second kappa shape index (κ2) is 6.09. The van der Waals surface area contributed by atoms with E-state index in [2.05, 4.69) is 15.3 Å². The molecule has 0 fully saturated rings. The number of nitrogens with zero attached hydrogens (tertiary/aromatic N) is 1. The lowest BCUT2D eigenvalue weighted by atomic mass is 10.2. The molecule has 0 bridgehead atoms. The monoisotopic (exact) mass is 343 g/mol. The molecule has 1 amide bonds. The summed E-state index contributed by atoms with van der Waals surface area (Å²) in [4.78, 5) is 20.1. The Morgan fingerprint density at radius 3 is 2.42 bits per heavy atom. The van der Waals surface area contributed by atoms with Crippen molar-refractivity contribution in [1.82, 2.24) is 15.3 Å². The van der Waals surface area contributed by atoms with Crippen LogP contribution in [0, 0.1) is 0 Å². The SMILES string of the molecule is C[C@@H](NC(=O)c1ccc(S(C)(=O)=O)cc1)c1nc2ccccc2[nH]1. The molecule has 6 nitrogen and oxygen atoms in total. The molecule has 1 heterocycles. The van der Waals surface area contributed by atoms with E-state index in [4.69, 9.17) is 0 Å². The van der Waals surface area contributed by atoms with Crippen LogP contribution in [0.3, 0.4) is 0 Å².